The number of anilines is 3. The Balaban J connectivity index is 1.17. The van der Waals surface area contributed by atoms with Crippen molar-refractivity contribution >= 4 is 83.9 Å². The van der Waals surface area contributed by atoms with Crippen molar-refractivity contribution in [3.63, 3.8) is 0 Å². The summed E-state index contributed by atoms with van der Waals surface area (Å²) in [4.78, 5) is 1.75. The number of para-hydroxylation sites is 1. The fourth-order valence-electron chi connectivity index (χ4n) is 11.9. The van der Waals surface area contributed by atoms with E-state index in [2.05, 4.69) is 20.8 Å². The second-order valence-corrected chi connectivity index (χ2v) is 24.5. The van der Waals surface area contributed by atoms with Crippen LogP contribution in [0.15, 0.2) is 234 Å². The average Bonchev–Trinajstić information content (AvgIpc) is 1.03. The van der Waals surface area contributed by atoms with Crippen LogP contribution in [0.25, 0.3) is 93.9 Å². The Morgan fingerprint density at radius 2 is 1.00 bits per heavy atom. The van der Waals surface area contributed by atoms with Crippen LogP contribution >= 0.6 is 0 Å². The standard InChI is InChI=1S/C78H65BN2O2/c1-76(2,3)53-31-29-48(30-32-53)52-41-69-73-72(42-52)82-71-40-35-56(80-66-38-33-54(77(4,5)6)43-62(66)63-44-55(78(7,8)9)34-39-67(63)80)45-65(71)79(73)64-46-60(50-23-15-11-16-24-50)61(51-25-17-12-18-26-51)47-68(64)81(69)74-57(49-21-13-10-14-22-49)36-37-59-58-27-19-20-28-70(58)83-75(59)74/h10-47H,1-9H3/i10D,11D,12D,13D,14D,15D,16D,17D,18D,21D,22D,23D,24D,25D,26D,33D,34D,38D,39D,43D,44D. The number of hydrogen-bond acceptors (Lipinski definition) is 3. The molecule has 5 heteroatoms. The van der Waals surface area contributed by atoms with E-state index >= 15 is 0 Å². The molecule has 0 bridgehead atoms. The molecule has 0 saturated heterocycles. The maximum atomic E-state index is 10.1. The Kier molecular flexibility index (Phi) is 7.39. The zero-order chi connectivity index (χ0) is 75.0. The molecular weight excluding hydrogens is 1010 g/mol. The van der Waals surface area contributed by atoms with Gasteiger partial charge in [0.2, 0.25) is 0 Å². The molecule has 13 aromatic rings. The summed E-state index contributed by atoms with van der Waals surface area (Å²) < 4.78 is 215. The quantitative estimate of drug-likeness (QED) is 0.156. The van der Waals surface area contributed by atoms with Crippen molar-refractivity contribution in [3.05, 3.63) is 247 Å². The van der Waals surface area contributed by atoms with E-state index in [1.807, 2.05) is 90.1 Å². The Morgan fingerprint density at radius 3 is 1.60 bits per heavy atom. The Bertz CT molecular complexity index is 5880. The lowest BCUT2D eigenvalue weighted by atomic mass is 9.34. The van der Waals surface area contributed by atoms with Gasteiger partial charge in [-0.25, -0.2) is 0 Å². The number of rotatable bonds is 6. The second kappa shape index (κ2) is 18.6. The molecule has 2 aliphatic heterocycles. The summed E-state index contributed by atoms with van der Waals surface area (Å²) in [7, 11) is 0. The molecule has 0 aliphatic carbocycles. The molecular formula is C78H65BN2O2. The van der Waals surface area contributed by atoms with Gasteiger partial charge in [0.25, 0.3) is 6.71 Å². The molecule has 0 atom stereocenters. The Morgan fingerprint density at radius 1 is 0.422 bits per heavy atom. The predicted molar refractivity (Wildman–Crippen MR) is 352 cm³/mol. The van der Waals surface area contributed by atoms with E-state index in [1.165, 1.54) is 6.07 Å². The number of fused-ring (bicyclic) bond motifs is 10. The van der Waals surface area contributed by atoms with Crippen LogP contribution in [0.1, 0.15) is 108 Å². The van der Waals surface area contributed by atoms with E-state index in [0.29, 0.717) is 44.1 Å². The number of ether oxygens (including phenoxy) is 1. The van der Waals surface area contributed by atoms with Gasteiger partial charge in [-0.15, -0.1) is 0 Å². The summed E-state index contributed by atoms with van der Waals surface area (Å²) in [5.74, 6) is 0.472. The first-order valence-electron chi connectivity index (χ1n) is 38.1. The fourth-order valence-corrected chi connectivity index (χ4v) is 11.9. The lowest BCUT2D eigenvalue weighted by Crippen LogP contribution is -2.59. The van der Waals surface area contributed by atoms with Crippen molar-refractivity contribution in [2.75, 3.05) is 4.90 Å². The molecule has 0 fully saturated rings. The van der Waals surface area contributed by atoms with Crippen molar-refractivity contribution in [2.45, 2.75) is 78.6 Å². The minimum Gasteiger partial charge on any atom is -0.458 e. The van der Waals surface area contributed by atoms with Crippen LogP contribution in [0, 0.1) is 0 Å². The highest BCUT2D eigenvalue weighted by Crippen LogP contribution is 2.52. The number of aromatic nitrogens is 1. The SMILES string of the molecule is [2H]c1c([2H])c([2H])c(-c2cc3c(cc2-c2c([2H])c([2H])c([2H])c([2H])c2[2H])N(c2c(-c4c([2H])c([2H])c([2H])c([2H])c4[2H])ccc4c2oc2ccccc24)c2cc(-c4ccc(C(C)(C)C)cc4)cc4c2B3c2cc(-n3c5c([2H])c([2H])c(C(C)(C)C)c([2H])c5c5c([2H])c(C(C)(C)C)c([2H])c([2H])c53)ccc2O4)c([2H])c1[2H]. The summed E-state index contributed by atoms with van der Waals surface area (Å²) in [5.41, 5.74) is 1.53. The fraction of sp³-hybridized carbons (Fsp3) is 0.154. The van der Waals surface area contributed by atoms with E-state index in [4.69, 9.17) is 18.7 Å². The van der Waals surface area contributed by atoms with Gasteiger partial charge in [0, 0.05) is 44.2 Å². The summed E-state index contributed by atoms with van der Waals surface area (Å²) in [6.45, 7) is 16.1. The van der Waals surface area contributed by atoms with E-state index < -0.39 is 119 Å². The molecule has 402 valence electrons. The highest BCUT2D eigenvalue weighted by molar-refractivity contribution is 6.99. The topological polar surface area (TPSA) is 30.5 Å². The number of furan rings is 1. The molecule has 83 heavy (non-hydrogen) atoms. The lowest BCUT2D eigenvalue weighted by Gasteiger charge is -2.41. The highest BCUT2D eigenvalue weighted by Gasteiger charge is 2.44. The third kappa shape index (κ3) is 8.26. The molecule has 0 radical (unpaired) electrons. The van der Waals surface area contributed by atoms with E-state index in [9.17, 15) is 19.2 Å². The van der Waals surface area contributed by atoms with Gasteiger partial charge in [0.05, 0.1) is 45.5 Å². The molecule has 2 aliphatic rings. The lowest BCUT2D eigenvalue weighted by molar-refractivity contribution is 0.487. The first kappa shape index (κ1) is 33.0. The third-order valence-electron chi connectivity index (χ3n) is 16.1. The molecule has 4 heterocycles. The van der Waals surface area contributed by atoms with Gasteiger partial charge in [-0.1, -0.05) is 220 Å². The Labute approximate surface area is 516 Å². The number of nitrogens with zero attached hydrogens (tertiary/aromatic N) is 2. The smallest absolute Gasteiger partial charge is 0.256 e. The normalized spacial score (nSPS) is 16.7. The minimum absolute atomic E-state index is 0.0106. The van der Waals surface area contributed by atoms with Crippen LogP contribution in [0.3, 0.4) is 0 Å². The maximum absolute atomic E-state index is 10.1. The van der Waals surface area contributed by atoms with Crippen molar-refractivity contribution < 1.29 is 37.9 Å². The van der Waals surface area contributed by atoms with Crippen molar-refractivity contribution in [2.24, 2.45) is 0 Å². The highest BCUT2D eigenvalue weighted by atomic mass is 16.5. The molecule has 15 rings (SSSR count). The van der Waals surface area contributed by atoms with E-state index in [1.54, 1.807) is 58.0 Å². The van der Waals surface area contributed by atoms with E-state index in [0.717, 1.165) is 5.56 Å². The number of hydrogen-bond donors (Lipinski definition) is 0. The van der Waals surface area contributed by atoms with Crippen LogP contribution in [-0.4, -0.2) is 11.3 Å². The molecule has 0 saturated carbocycles. The van der Waals surface area contributed by atoms with Crippen LogP contribution in [0.5, 0.6) is 11.5 Å². The van der Waals surface area contributed by atoms with E-state index in [-0.39, 0.29) is 136 Å². The van der Waals surface area contributed by atoms with Crippen LogP contribution in [0.2, 0.25) is 0 Å². The molecule has 0 N–H and O–H groups in total. The molecule has 0 unspecified atom stereocenters. The van der Waals surface area contributed by atoms with Crippen molar-refractivity contribution in [3.8, 4) is 61.7 Å². The molecule has 0 spiro atoms. The second-order valence-electron chi connectivity index (χ2n) is 24.5. The van der Waals surface area contributed by atoms with Crippen LogP contribution in [0.4, 0.5) is 17.1 Å². The third-order valence-corrected chi connectivity index (χ3v) is 16.1. The Hall–Kier alpha value is -9.32. The molecule has 0 amide bonds. The summed E-state index contributed by atoms with van der Waals surface area (Å²) >= 11 is 0. The van der Waals surface area contributed by atoms with Gasteiger partial charge in [-0.3, -0.25) is 0 Å². The van der Waals surface area contributed by atoms with Crippen LogP contribution in [-0.2, 0) is 16.2 Å². The molecule has 2 aromatic heterocycles. The largest absolute Gasteiger partial charge is 0.458 e. The molecule has 4 nitrogen and oxygen atoms in total. The van der Waals surface area contributed by atoms with Crippen LogP contribution < -0.4 is 26.0 Å². The monoisotopic (exact) mass is 1090 g/mol. The van der Waals surface area contributed by atoms with Gasteiger partial charge in [-0.2, -0.15) is 0 Å². The predicted octanol–water partition coefficient (Wildman–Crippen LogP) is 19.6. The first-order valence-corrected chi connectivity index (χ1v) is 27.6. The average molecular weight is 1090 g/mol. The van der Waals surface area contributed by atoms with Gasteiger partial charge in [-0.05, 0) is 161 Å². The summed E-state index contributed by atoms with van der Waals surface area (Å²) in [6.07, 6.45) is 0. The first-order chi connectivity index (χ1) is 48.8. The zero-order valence-electron chi connectivity index (χ0n) is 68.1. The maximum Gasteiger partial charge on any atom is 0.256 e. The summed E-state index contributed by atoms with van der Waals surface area (Å²) in [6, 6.07) is 18.5. The van der Waals surface area contributed by atoms with Crippen molar-refractivity contribution in [1.82, 2.24) is 4.57 Å². The summed E-state index contributed by atoms with van der Waals surface area (Å²) in [5, 5.41) is 1.36. The van der Waals surface area contributed by atoms with Gasteiger partial charge < -0.3 is 18.6 Å². The van der Waals surface area contributed by atoms with Gasteiger partial charge in [0.15, 0.2) is 5.58 Å². The minimum atomic E-state index is -1.17. The van der Waals surface area contributed by atoms with Crippen molar-refractivity contribution in [1.29, 1.82) is 0 Å². The molecule has 11 aromatic carbocycles. The van der Waals surface area contributed by atoms with Gasteiger partial charge in [0.1, 0.15) is 17.1 Å². The zero-order valence-corrected chi connectivity index (χ0v) is 47.1. The number of benzene rings is 11. The van der Waals surface area contributed by atoms with Gasteiger partial charge >= 0.3 is 0 Å².